The van der Waals surface area contributed by atoms with Gasteiger partial charge in [-0.25, -0.2) is 0 Å². The molecule has 0 spiro atoms. The van der Waals surface area contributed by atoms with Crippen molar-refractivity contribution in [1.29, 1.82) is 0 Å². The number of rotatable bonds is 2. The van der Waals surface area contributed by atoms with Crippen LogP contribution >= 0.6 is 0 Å². The van der Waals surface area contributed by atoms with Gasteiger partial charge in [0, 0.05) is 24.1 Å². The van der Waals surface area contributed by atoms with E-state index in [9.17, 15) is 0 Å². The van der Waals surface area contributed by atoms with Crippen LogP contribution in [0.25, 0.3) is 0 Å². The van der Waals surface area contributed by atoms with E-state index in [0.717, 1.165) is 18.8 Å². The Labute approximate surface area is 110 Å². The molecule has 1 aliphatic carbocycles. The highest BCUT2D eigenvalue weighted by Crippen LogP contribution is 2.32. The third-order valence-corrected chi connectivity index (χ3v) is 4.25. The topological polar surface area (TPSA) is 21.3 Å². The fraction of sp³-hybridized carbons (Fsp3) is 0.625. The van der Waals surface area contributed by atoms with Gasteiger partial charge in [-0.05, 0) is 18.9 Å². The van der Waals surface area contributed by atoms with E-state index in [-0.39, 0.29) is 0 Å². The molecule has 2 heteroatoms. The van der Waals surface area contributed by atoms with Gasteiger partial charge in [0.05, 0.1) is 6.61 Å². The molecule has 18 heavy (non-hydrogen) atoms. The summed E-state index contributed by atoms with van der Waals surface area (Å²) in [5.41, 5.74) is 1.35. The Balaban J connectivity index is 1.69. The lowest BCUT2D eigenvalue weighted by molar-refractivity contribution is 0.240. The maximum absolute atomic E-state index is 5.73. The Morgan fingerprint density at radius 3 is 2.56 bits per heavy atom. The van der Waals surface area contributed by atoms with Crippen molar-refractivity contribution in [2.45, 2.75) is 57.0 Å². The van der Waals surface area contributed by atoms with Crippen LogP contribution in [-0.2, 0) is 0 Å². The maximum Gasteiger partial charge on any atom is 0.124 e. The van der Waals surface area contributed by atoms with E-state index in [0.29, 0.717) is 12.1 Å². The number of hydrogen-bond donors (Lipinski definition) is 1. The number of nitrogens with one attached hydrogen (secondary N) is 1. The number of ether oxygens (including phenoxy) is 1. The smallest absolute Gasteiger partial charge is 0.124 e. The van der Waals surface area contributed by atoms with Gasteiger partial charge in [0.15, 0.2) is 0 Å². The van der Waals surface area contributed by atoms with Crippen molar-refractivity contribution >= 4 is 0 Å². The molecule has 1 heterocycles. The molecule has 0 amide bonds. The van der Waals surface area contributed by atoms with Crippen molar-refractivity contribution in [2.24, 2.45) is 0 Å². The van der Waals surface area contributed by atoms with E-state index >= 15 is 0 Å². The van der Waals surface area contributed by atoms with Crippen LogP contribution < -0.4 is 10.1 Å². The van der Waals surface area contributed by atoms with E-state index in [2.05, 4.69) is 29.6 Å². The van der Waals surface area contributed by atoms with Gasteiger partial charge in [0.25, 0.3) is 0 Å². The minimum Gasteiger partial charge on any atom is -0.493 e. The van der Waals surface area contributed by atoms with Crippen molar-refractivity contribution in [3.63, 3.8) is 0 Å². The molecular weight excluding hydrogens is 222 g/mol. The first kappa shape index (κ1) is 12.0. The van der Waals surface area contributed by atoms with Crippen LogP contribution in [0, 0.1) is 0 Å². The Bertz CT molecular complexity index is 382. The third kappa shape index (κ3) is 2.69. The lowest BCUT2D eigenvalue weighted by atomic mass is 9.98. The highest BCUT2D eigenvalue weighted by molar-refractivity contribution is 5.37. The second-order valence-electron chi connectivity index (χ2n) is 5.58. The molecule has 2 aliphatic rings. The zero-order valence-corrected chi connectivity index (χ0v) is 11.0. The predicted molar refractivity (Wildman–Crippen MR) is 73.9 cm³/mol. The van der Waals surface area contributed by atoms with Crippen molar-refractivity contribution < 1.29 is 4.74 Å². The number of fused-ring (bicyclic) bond motifs is 1. The van der Waals surface area contributed by atoms with Crippen LogP contribution in [0.1, 0.15) is 56.6 Å². The summed E-state index contributed by atoms with van der Waals surface area (Å²) in [5.74, 6) is 1.08. The molecule has 3 rings (SSSR count). The highest BCUT2D eigenvalue weighted by Gasteiger charge is 2.23. The Morgan fingerprint density at radius 1 is 0.944 bits per heavy atom. The largest absolute Gasteiger partial charge is 0.493 e. The summed E-state index contributed by atoms with van der Waals surface area (Å²) in [6.45, 7) is 0.849. The summed E-state index contributed by atoms with van der Waals surface area (Å²) >= 11 is 0. The molecule has 1 atom stereocenters. The van der Waals surface area contributed by atoms with E-state index < -0.39 is 0 Å². The van der Waals surface area contributed by atoms with E-state index in [1.807, 2.05) is 0 Å². The van der Waals surface area contributed by atoms with Crippen LogP contribution in [0.3, 0.4) is 0 Å². The van der Waals surface area contributed by atoms with Crippen LogP contribution in [-0.4, -0.2) is 12.6 Å². The summed E-state index contributed by atoms with van der Waals surface area (Å²) in [6.07, 6.45) is 9.42. The lowest BCUT2D eigenvalue weighted by Gasteiger charge is -2.30. The summed E-state index contributed by atoms with van der Waals surface area (Å²) in [6, 6.07) is 9.70. The van der Waals surface area contributed by atoms with Crippen molar-refractivity contribution in [3.8, 4) is 5.75 Å². The Morgan fingerprint density at radius 2 is 1.72 bits per heavy atom. The molecule has 1 fully saturated rings. The molecule has 0 saturated heterocycles. The second-order valence-corrected chi connectivity index (χ2v) is 5.58. The lowest BCUT2D eigenvalue weighted by Crippen LogP contribution is -2.35. The molecule has 98 valence electrons. The molecule has 0 radical (unpaired) electrons. The van der Waals surface area contributed by atoms with Crippen LogP contribution in [0.5, 0.6) is 5.75 Å². The normalized spacial score (nSPS) is 25.0. The number of benzene rings is 1. The van der Waals surface area contributed by atoms with Gasteiger partial charge in [-0.15, -0.1) is 0 Å². The SMILES string of the molecule is c1ccc2c(c1)OCCC2NC1CCCCCC1. The standard InChI is InChI=1S/C16H23NO/c1-2-4-8-13(7-3-1)17-15-11-12-18-16-10-6-5-9-14(15)16/h5-6,9-10,13,15,17H,1-4,7-8,11-12H2. The Kier molecular flexibility index (Phi) is 3.84. The van der Waals surface area contributed by atoms with Crippen molar-refractivity contribution in [3.05, 3.63) is 29.8 Å². The Hall–Kier alpha value is -1.02. The van der Waals surface area contributed by atoms with Gasteiger partial charge in [0.1, 0.15) is 5.75 Å². The summed E-state index contributed by atoms with van der Waals surface area (Å²) < 4.78 is 5.73. The van der Waals surface area contributed by atoms with Gasteiger partial charge >= 0.3 is 0 Å². The quantitative estimate of drug-likeness (QED) is 0.800. The molecule has 1 saturated carbocycles. The number of para-hydroxylation sites is 1. The summed E-state index contributed by atoms with van der Waals surface area (Å²) in [4.78, 5) is 0. The van der Waals surface area contributed by atoms with Crippen LogP contribution in [0.4, 0.5) is 0 Å². The zero-order valence-electron chi connectivity index (χ0n) is 11.0. The van der Waals surface area contributed by atoms with Crippen molar-refractivity contribution in [2.75, 3.05) is 6.61 Å². The van der Waals surface area contributed by atoms with Gasteiger partial charge in [0.2, 0.25) is 0 Å². The average Bonchev–Trinajstić information content (AvgIpc) is 2.68. The second kappa shape index (κ2) is 5.75. The van der Waals surface area contributed by atoms with E-state index in [4.69, 9.17) is 4.74 Å². The number of hydrogen-bond acceptors (Lipinski definition) is 2. The highest BCUT2D eigenvalue weighted by atomic mass is 16.5. The summed E-state index contributed by atoms with van der Waals surface area (Å²) in [5, 5.41) is 3.87. The van der Waals surface area contributed by atoms with Gasteiger partial charge in [-0.3, -0.25) is 0 Å². The molecule has 1 aromatic carbocycles. The first-order valence-electron chi connectivity index (χ1n) is 7.41. The molecular formula is C16H23NO. The molecule has 1 aliphatic heterocycles. The van der Waals surface area contributed by atoms with Gasteiger partial charge in [-0.1, -0.05) is 43.9 Å². The van der Waals surface area contributed by atoms with Gasteiger partial charge < -0.3 is 10.1 Å². The van der Waals surface area contributed by atoms with Crippen LogP contribution in [0.2, 0.25) is 0 Å². The summed E-state index contributed by atoms with van der Waals surface area (Å²) in [7, 11) is 0. The average molecular weight is 245 g/mol. The first-order chi connectivity index (χ1) is 8.93. The minimum atomic E-state index is 0.498. The monoisotopic (exact) mass is 245 g/mol. The zero-order chi connectivity index (χ0) is 12.2. The van der Waals surface area contributed by atoms with Crippen molar-refractivity contribution in [1.82, 2.24) is 5.32 Å². The fourth-order valence-electron chi connectivity index (χ4n) is 3.25. The molecule has 1 unspecified atom stereocenters. The maximum atomic E-state index is 5.73. The van der Waals surface area contributed by atoms with E-state index in [1.165, 1.54) is 44.1 Å². The molecule has 0 aromatic heterocycles. The van der Waals surface area contributed by atoms with E-state index in [1.54, 1.807) is 0 Å². The molecule has 0 bridgehead atoms. The first-order valence-corrected chi connectivity index (χ1v) is 7.41. The fourth-order valence-corrected chi connectivity index (χ4v) is 3.25. The third-order valence-electron chi connectivity index (χ3n) is 4.25. The van der Waals surface area contributed by atoms with Gasteiger partial charge in [-0.2, -0.15) is 0 Å². The molecule has 1 aromatic rings. The molecule has 1 N–H and O–H groups in total. The van der Waals surface area contributed by atoms with Crippen LogP contribution in [0.15, 0.2) is 24.3 Å². The predicted octanol–water partition coefficient (Wildman–Crippen LogP) is 3.82. The minimum absolute atomic E-state index is 0.498. The molecule has 2 nitrogen and oxygen atoms in total.